The summed E-state index contributed by atoms with van der Waals surface area (Å²) in [5.74, 6) is -1.48. The summed E-state index contributed by atoms with van der Waals surface area (Å²) in [6.45, 7) is 10.8. The van der Waals surface area contributed by atoms with Crippen LogP contribution in [0.2, 0.25) is 0 Å². The second kappa shape index (κ2) is 5.86. The van der Waals surface area contributed by atoms with Crippen molar-refractivity contribution in [3.8, 4) is 0 Å². The zero-order chi connectivity index (χ0) is 14.8. The highest BCUT2D eigenvalue weighted by Crippen LogP contribution is 2.35. The first-order valence-electron chi connectivity index (χ1n) is 6.17. The Morgan fingerprint density at radius 1 is 1.47 bits per heavy atom. The molecule has 0 spiro atoms. The average Bonchev–Trinajstić information content (AvgIpc) is 2.71. The number of hydrogen-bond donors (Lipinski definition) is 1. The number of allylic oxidation sites excluding steroid dienone is 1. The standard InChI is InChI=1S/C14H22O5/c1-7-8(2)11-12(19-14(4,5)18-11)10(15)9(3)13(16)17-6/h7,10-12,15H,3H2,1-2,4-6H3/b8-7-/t10?,11-,12?/m0/s1. The lowest BCUT2D eigenvalue weighted by molar-refractivity contribution is -0.154. The number of methoxy groups -OCH3 is 1. The third-order valence-electron chi connectivity index (χ3n) is 3.15. The Morgan fingerprint density at radius 2 is 2.05 bits per heavy atom. The highest BCUT2D eigenvalue weighted by atomic mass is 16.8. The van der Waals surface area contributed by atoms with Gasteiger partial charge >= 0.3 is 5.97 Å². The average molecular weight is 270 g/mol. The Balaban J connectivity index is 2.96. The number of esters is 1. The highest BCUT2D eigenvalue weighted by molar-refractivity contribution is 5.88. The van der Waals surface area contributed by atoms with Crippen LogP contribution in [0.5, 0.6) is 0 Å². The van der Waals surface area contributed by atoms with Crippen molar-refractivity contribution in [2.24, 2.45) is 0 Å². The molecule has 5 nitrogen and oxygen atoms in total. The fraction of sp³-hybridized carbons (Fsp3) is 0.643. The van der Waals surface area contributed by atoms with Crippen LogP contribution >= 0.6 is 0 Å². The molecule has 1 saturated heterocycles. The Hall–Kier alpha value is -1.17. The molecule has 0 bridgehead atoms. The maximum Gasteiger partial charge on any atom is 0.335 e. The fourth-order valence-electron chi connectivity index (χ4n) is 1.99. The van der Waals surface area contributed by atoms with Gasteiger partial charge in [0.1, 0.15) is 18.3 Å². The summed E-state index contributed by atoms with van der Waals surface area (Å²) in [6.07, 6.45) is -0.390. The SMILES string of the molecule is C=C(C(=O)OC)C(O)C1OC(C)(C)O[C@H]1/C(C)=C\C. The molecule has 3 atom stereocenters. The van der Waals surface area contributed by atoms with Gasteiger partial charge in [0.25, 0.3) is 0 Å². The van der Waals surface area contributed by atoms with Crippen molar-refractivity contribution >= 4 is 5.97 Å². The fourth-order valence-corrected chi connectivity index (χ4v) is 1.99. The maximum atomic E-state index is 11.4. The molecule has 1 rings (SSSR count). The van der Waals surface area contributed by atoms with Crippen molar-refractivity contribution in [3.05, 3.63) is 23.8 Å². The van der Waals surface area contributed by atoms with Gasteiger partial charge in [-0.1, -0.05) is 12.7 Å². The van der Waals surface area contributed by atoms with E-state index >= 15 is 0 Å². The molecule has 0 aliphatic carbocycles. The molecule has 0 saturated carbocycles. The first kappa shape index (κ1) is 15.9. The van der Waals surface area contributed by atoms with Crippen LogP contribution in [-0.2, 0) is 19.0 Å². The lowest BCUT2D eigenvalue weighted by Gasteiger charge is -2.23. The lowest BCUT2D eigenvalue weighted by Crippen LogP contribution is -2.39. The summed E-state index contributed by atoms with van der Waals surface area (Å²) in [4.78, 5) is 11.4. The zero-order valence-corrected chi connectivity index (χ0v) is 12.1. The minimum absolute atomic E-state index is 0.0392. The number of carbonyl (C=O) groups excluding carboxylic acids is 1. The van der Waals surface area contributed by atoms with E-state index in [9.17, 15) is 9.90 Å². The Labute approximate surface area is 113 Å². The van der Waals surface area contributed by atoms with Crippen molar-refractivity contribution < 1.29 is 24.1 Å². The molecule has 19 heavy (non-hydrogen) atoms. The molecule has 0 aromatic carbocycles. The minimum Gasteiger partial charge on any atom is -0.466 e. The van der Waals surface area contributed by atoms with Gasteiger partial charge in [0.15, 0.2) is 5.79 Å². The van der Waals surface area contributed by atoms with Gasteiger partial charge in [-0.25, -0.2) is 4.79 Å². The summed E-state index contributed by atoms with van der Waals surface area (Å²) in [5.41, 5.74) is 0.884. The van der Waals surface area contributed by atoms with Crippen molar-refractivity contribution in [2.75, 3.05) is 7.11 Å². The van der Waals surface area contributed by atoms with E-state index in [0.717, 1.165) is 5.57 Å². The molecule has 0 radical (unpaired) electrons. The van der Waals surface area contributed by atoms with Gasteiger partial charge in [0.2, 0.25) is 0 Å². The normalized spacial score (nSPS) is 28.0. The Bertz CT molecular complexity index is 397. The van der Waals surface area contributed by atoms with Gasteiger partial charge in [-0.15, -0.1) is 0 Å². The van der Waals surface area contributed by atoms with Crippen LogP contribution in [-0.4, -0.2) is 42.3 Å². The van der Waals surface area contributed by atoms with Gasteiger partial charge in [-0.05, 0) is 33.3 Å². The van der Waals surface area contributed by atoms with Crippen LogP contribution in [0.3, 0.4) is 0 Å². The molecule has 0 aromatic heterocycles. The molecular formula is C14H22O5. The summed E-state index contributed by atoms with van der Waals surface area (Å²) >= 11 is 0. The predicted octanol–water partition coefficient (Wildman–Crippen LogP) is 1.56. The Morgan fingerprint density at radius 3 is 2.53 bits per heavy atom. The van der Waals surface area contributed by atoms with E-state index in [4.69, 9.17) is 9.47 Å². The van der Waals surface area contributed by atoms with E-state index in [1.165, 1.54) is 7.11 Å². The number of aliphatic hydroxyl groups excluding tert-OH is 1. The van der Waals surface area contributed by atoms with E-state index in [1.807, 2.05) is 19.9 Å². The van der Waals surface area contributed by atoms with E-state index in [1.54, 1.807) is 13.8 Å². The largest absolute Gasteiger partial charge is 0.466 e. The van der Waals surface area contributed by atoms with Gasteiger partial charge in [0.05, 0.1) is 12.7 Å². The summed E-state index contributed by atoms with van der Waals surface area (Å²) in [6, 6.07) is 0. The number of rotatable bonds is 4. The molecular weight excluding hydrogens is 248 g/mol. The molecule has 1 fully saturated rings. The van der Waals surface area contributed by atoms with Gasteiger partial charge in [0, 0.05) is 0 Å². The van der Waals surface area contributed by atoms with Crippen LogP contribution in [0.1, 0.15) is 27.7 Å². The second-order valence-corrected chi connectivity index (χ2v) is 5.02. The number of aliphatic hydroxyl groups is 1. The first-order valence-corrected chi connectivity index (χ1v) is 6.17. The molecule has 1 aliphatic heterocycles. The topological polar surface area (TPSA) is 65.0 Å². The zero-order valence-electron chi connectivity index (χ0n) is 12.1. The number of hydrogen-bond acceptors (Lipinski definition) is 5. The summed E-state index contributed by atoms with van der Waals surface area (Å²) in [5, 5.41) is 10.2. The maximum absolute atomic E-state index is 11.4. The van der Waals surface area contributed by atoms with Crippen LogP contribution in [0, 0.1) is 0 Å². The monoisotopic (exact) mass is 270 g/mol. The molecule has 2 unspecified atom stereocenters. The molecule has 0 amide bonds. The first-order chi connectivity index (χ1) is 8.73. The van der Waals surface area contributed by atoms with Crippen molar-refractivity contribution in [3.63, 3.8) is 0 Å². The van der Waals surface area contributed by atoms with E-state index in [-0.39, 0.29) is 5.57 Å². The lowest BCUT2D eigenvalue weighted by atomic mass is 9.97. The second-order valence-electron chi connectivity index (χ2n) is 5.02. The van der Waals surface area contributed by atoms with Crippen LogP contribution in [0.4, 0.5) is 0 Å². The highest BCUT2D eigenvalue weighted by Gasteiger charge is 2.46. The summed E-state index contributed by atoms with van der Waals surface area (Å²) < 4.78 is 16.0. The van der Waals surface area contributed by atoms with Crippen molar-refractivity contribution in [2.45, 2.75) is 51.8 Å². The van der Waals surface area contributed by atoms with Crippen molar-refractivity contribution in [1.82, 2.24) is 0 Å². The number of ether oxygens (including phenoxy) is 3. The minimum atomic E-state index is -1.17. The molecule has 1 heterocycles. The molecule has 1 N–H and O–H groups in total. The van der Waals surface area contributed by atoms with Crippen LogP contribution < -0.4 is 0 Å². The van der Waals surface area contributed by atoms with Gasteiger partial charge in [-0.3, -0.25) is 0 Å². The third kappa shape index (κ3) is 3.43. The summed E-state index contributed by atoms with van der Waals surface area (Å²) in [7, 11) is 1.24. The van der Waals surface area contributed by atoms with E-state index in [0.29, 0.717) is 0 Å². The Kier molecular flexibility index (Phi) is 4.90. The van der Waals surface area contributed by atoms with Gasteiger partial charge in [-0.2, -0.15) is 0 Å². The number of carbonyl (C=O) groups is 1. The quantitative estimate of drug-likeness (QED) is 0.477. The van der Waals surface area contributed by atoms with Gasteiger partial charge < -0.3 is 19.3 Å². The van der Waals surface area contributed by atoms with E-state index in [2.05, 4.69) is 11.3 Å². The molecule has 1 aliphatic rings. The smallest absolute Gasteiger partial charge is 0.335 e. The molecule has 0 aromatic rings. The van der Waals surface area contributed by atoms with E-state index < -0.39 is 30.1 Å². The third-order valence-corrected chi connectivity index (χ3v) is 3.15. The van der Waals surface area contributed by atoms with Crippen LogP contribution in [0.25, 0.3) is 0 Å². The van der Waals surface area contributed by atoms with Crippen LogP contribution in [0.15, 0.2) is 23.8 Å². The molecule has 5 heteroatoms. The predicted molar refractivity (Wildman–Crippen MR) is 70.4 cm³/mol. The van der Waals surface area contributed by atoms with Crippen molar-refractivity contribution in [1.29, 1.82) is 0 Å². The molecule has 108 valence electrons.